The first-order chi connectivity index (χ1) is 12.9. The second kappa shape index (κ2) is 6.46. The van der Waals surface area contributed by atoms with E-state index in [9.17, 15) is 0 Å². The van der Waals surface area contributed by atoms with Crippen LogP contribution in [0.4, 0.5) is 0 Å². The molecule has 26 heavy (non-hydrogen) atoms. The molecule has 0 unspecified atom stereocenters. The van der Waals surface area contributed by atoms with Gasteiger partial charge in [-0.3, -0.25) is 4.98 Å². The van der Waals surface area contributed by atoms with E-state index in [0.29, 0.717) is 12.5 Å². The molecular weight excluding hydrogens is 330 g/mol. The maximum absolute atomic E-state index is 5.82. The fourth-order valence-electron chi connectivity index (χ4n) is 3.75. The van der Waals surface area contributed by atoms with E-state index in [0.717, 1.165) is 35.9 Å². The summed E-state index contributed by atoms with van der Waals surface area (Å²) in [5.74, 6) is 2.89. The summed E-state index contributed by atoms with van der Waals surface area (Å²) >= 11 is 0. The quantitative estimate of drug-likeness (QED) is 0.724. The number of pyridine rings is 1. The van der Waals surface area contributed by atoms with Crippen LogP contribution in [0.1, 0.15) is 11.6 Å². The fraction of sp³-hybridized carbons (Fsp3) is 0.300. The number of hydrogen-bond acceptors (Lipinski definition) is 5. The van der Waals surface area contributed by atoms with Crippen molar-refractivity contribution in [1.82, 2.24) is 14.5 Å². The van der Waals surface area contributed by atoms with Gasteiger partial charge in [-0.05, 0) is 42.3 Å². The Morgan fingerprint density at radius 2 is 1.88 bits per heavy atom. The van der Waals surface area contributed by atoms with Crippen LogP contribution in [0.25, 0.3) is 11.4 Å². The highest BCUT2D eigenvalue weighted by Gasteiger charge is 2.31. The van der Waals surface area contributed by atoms with Gasteiger partial charge in [0.1, 0.15) is 5.82 Å². The molecule has 1 saturated heterocycles. The number of benzene rings is 1. The van der Waals surface area contributed by atoms with Gasteiger partial charge in [0.2, 0.25) is 6.79 Å². The molecule has 1 aromatic carbocycles. The molecule has 5 rings (SSSR count). The molecular formula is C20H19N3O3. The molecule has 0 saturated carbocycles. The van der Waals surface area contributed by atoms with Crippen molar-refractivity contribution in [2.75, 3.05) is 20.0 Å². The highest BCUT2D eigenvalue weighted by atomic mass is 16.7. The van der Waals surface area contributed by atoms with Crippen LogP contribution >= 0.6 is 0 Å². The largest absolute Gasteiger partial charge is 0.454 e. The van der Waals surface area contributed by atoms with Crippen molar-refractivity contribution in [3.05, 3.63) is 60.7 Å². The first-order valence-electron chi connectivity index (χ1n) is 8.78. The van der Waals surface area contributed by atoms with E-state index in [1.165, 1.54) is 5.56 Å². The number of fused-ring (bicyclic) bond motifs is 1. The van der Waals surface area contributed by atoms with Crippen molar-refractivity contribution in [1.29, 1.82) is 0 Å². The smallest absolute Gasteiger partial charge is 0.231 e. The summed E-state index contributed by atoms with van der Waals surface area (Å²) in [6.07, 6.45) is 8.54. The maximum Gasteiger partial charge on any atom is 0.231 e. The van der Waals surface area contributed by atoms with Crippen LogP contribution in [-0.4, -0.2) is 34.5 Å². The number of hydrogen-bond donors (Lipinski definition) is 0. The van der Waals surface area contributed by atoms with Crippen LogP contribution in [-0.2, 0) is 11.2 Å². The molecule has 6 nitrogen and oxygen atoms in total. The minimum atomic E-state index is 0.256. The molecule has 2 aliphatic heterocycles. The average molecular weight is 349 g/mol. The number of rotatable bonds is 4. The standard InChI is InChI=1S/C20H19N3O3/c1-2-18-19(26-13-25-18)10-15(1)20-22-7-8-23(20)17-12-24-11-16(17)9-14-3-5-21-6-4-14/h1-8,10,16-17H,9,11-13H2/t16-,17-/m1/s1. The van der Waals surface area contributed by atoms with Crippen LogP contribution in [0.5, 0.6) is 11.5 Å². The maximum atomic E-state index is 5.82. The lowest BCUT2D eigenvalue weighted by Crippen LogP contribution is -2.20. The zero-order chi connectivity index (χ0) is 17.3. The van der Waals surface area contributed by atoms with Gasteiger partial charge in [0.25, 0.3) is 0 Å². The minimum Gasteiger partial charge on any atom is -0.454 e. The van der Waals surface area contributed by atoms with Gasteiger partial charge < -0.3 is 18.8 Å². The molecule has 0 radical (unpaired) electrons. The second-order valence-corrected chi connectivity index (χ2v) is 6.65. The Hall–Kier alpha value is -2.86. The molecule has 0 N–H and O–H groups in total. The third-order valence-electron chi connectivity index (χ3n) is 5.07. The van der Waals surface area contributed by atoms with Gasteiger partial charge >= 0.3 is 0 Å². The zero-order valence-electron chi connectivity index (χ0n) is 14.2. The molecule has 1 fully saturated rings. The SMILES string of the molecule is c1cc(C[C@@H]2COC[C@H]2n2ccnc2-c2ccc3c(c2)OCO3)ccn1. The van der Waals surface area contributed by atoms with Gasteiger partial charge in [-0.15, -0.1) is 0 Å². The number of nitrogens with zero attached hydrogens (tertiary/aromatic N) is 3. The monoisotopic (exact) mass is 349 g/mol. The van der Waals surface area contributed by atoms with E-state index >= 15 is 0 Å². The first kappa shape index (κ1) is 15.4. The first-order valence-corrected chi connectivity index (χ1v) is 8.78. The third-order valence-corrected chi connectivity index (χ3v) is 5.07. The predicted octanol–water partition coefficient (Wildman–Crippen LogP) is 3.10. The van der Waals surface area contributed by atoms with Crippen molar-refractivity contribution in [2.24, 2.45) is 5.92 Å². The molecule has 0 amide bonds. The normalized spacial score (nSPS) is 21.2. The third kappa shape index (κ3) is 2.72. The van der Waals surface area contributed by atoms with Gasteiger partial charge in [0.15, 0.2) is 11.5 Å². The predicted molar refractivity (Wildman–Crippen MR) is 95.1 cm³/mol. The lowest BCUT2D eigenvalue weighted by molar-refractivity contribution is 0.174. The second-order valence-electron chi connectivity index (χ2n) is 6.65. The Kier molecular flexibility index (Phi) is 3.83. The van der Waals surface area contributed by atoms with E-state index in [2.05, 4.69) is 26.7 Å². The van der Waals surface area contributed by atoms with E-state index < -0.39 is 0 Å². The molecule has 2 aromatic heterocycles. The number of imidazole rings is 1. The number of aromatic nitrogens is 3. The van der Waals surface area contributed by atoms with E-state index in [1.54, 1.807) is 0 Å². The minimum absolute atomic E-state index is 0.256. The summed E-state index contributed by atoms with van der Waals surface area (Å²) < 4.78 is 19.0. The van der Waals surface area contributed by atoms with Gasteiger partial charge in [-0.1, -0.05) is 0 Å². The highest BCUT2D eigenvalue weighted by Crippen LogP contribution is 2.37. The van der Waals surface area contributed by atoms with Gasteiger partial charge in [-0.2, -0.15) is 0 Å². The van der Waals surface area contributed by atoms with Crippen molar-refractivity contribution in [2.45, 2.75) is 12.5 Å². The molecule has 3 aromatic rings. The molecule has 4 heterocycles. The number of ether oxygens (including phenoxy) is 3. The summed E-state index contributed by atoms with van der Waals surface area (Å²) in [5.41, 5.74) is 2.30. The zero-order valence-corrected chi connectivity index (χ0v) is 14.2. The Labute approximate surface area is 151 Å². The summed E-state index contributed by atoms with van der Waals surface area (Å²) in [6, 6.07) is 10.4. The van der Waals surface area contributed by atoms with Crippen molar-refractivity contribution >= 4 is 0 Å². The molecule has 0 aliphatic carbocycles. The topological polar surface area (TPSA) is 58.4 Å². The fourth-order valence-corrected chi connectivity index (χ4v) is 3.75. The average Bonchev–Trinajstić information content (AvgIpc) is 3.41. The lowest BCUT2D eigenvalue weighted by atomic mass is 9.95. The van der Waals surface area contributed by atoms with Crippen molar-refractivity contribution in [3.63, 3.8) is 0 Å². The summed E-state index contributed by atoms with van der Waals surface area (Å²) in [6.45, 7) is 1.73. The molecule has 2 atom stereocenters. The van der Waals surface area contributed by atoms with Crippen molar-refractivity contribution in [3.8, 4) is 22.9 Å². The van der Waals surface area contributed by atoms with Crippen molar-refractivity contribution < 1.29 is 14.2 Å². The molecule has 0 bridgehead atoms. The Morgan fingerprint density at radius 3 is 2.81 bits per heavy atom. The Bertz CT molecular complexity index is 910. The van der Waals surface area contributed by atoms with Crippen LogP contribution < -0.4 is 9.47 Å². The molecule has 0 spiro atoms. The van der Waals surface area contributed by atoms with Crippen LogP contribution in [0.2, 0.25) is 0 Å². The van der Waals surface area contributed by atoms with E-state index in [4.69, 9.17) is 14.2 Å². The molecule has 2 aliphatic rings. The molecule has 6 heteroatoms. The van der Waals surface area contributed by atoms with Crippen LogP contribution in [0.3, 0.4) is 0 Å². The summed E-state index contributed by atoms with van der Waals surface area (Å²) in [4.78, 5) is 8.70. The highest BCUT2D eigenvalue weighted by molar-refractivity contribution is 5.62. The van der Waals surface area contributed by atoms with Crippen LogP contribution in [0, 0.1) is 5.92 Å². The Balaban J connectivity index is 1.44. The van der Waals surface area contributed by atoms with Gasteiger partial charge in [0.05, 0.1) is 19.3 Å². The van der Waals surface area contributed by atoms with E-state index in [1.807, 2.05) is 43.0 Å². The summed E-state index contributed by atoms with van der Waals surface area (Å²) in [5, 5.41) is 0. The lowest BCUT2D eigenvalue weighted by Gasteiger charge is -2.21. The van der Waals surface area contributed by atoms with E-state index in [-0.39, 0.29) is 12.8 Å². The molecule has 132 valence electrons. The van der Waals surface area contributed by atoms with Gasteiger partial charge in [0, 0.05) is 36.3 Å². The Morgan fingerprint density at radius 1 is 1.00 bits per heavy atom. The van der Waals surface area contributed by atoms with Crippen LogP contribution in [0.15, 0.2) is 55.1 Å². The van der Waals surface area contributed by atoms with Gasteiger partial charge in [-0.25, -0.2) is 4.98 Å². The summed E-state index contributed by atoms with van der Waals surface area (Å²) in [7, 11) is 0.